The van der Waals surface area contributed by atoms with Crippen LogP contribution in [0.5, 0.6) is 5.75 Å². The van der Waals surface area contributed by atoms with Crippen molar-refractivity contribution in [3.8, 4) is 5.75 Å². The normalized spacial score (nSPS) is 19.7. The molecule has 2 rings (SSSR count). The second kappa shape index (κ2) is 3.49. The summed E-state index contributed by atoms with van der Waals surface area (Å²) in [7, 11) is 1.43. The van der Waals surface area contributed by atoms with Crippen LogP contribution in [0.1, 0.15) is 25.3 Å². The number of halogens is 1. The Morgan fingerprint density at radius 1 is 1.47 bits per heavy atom. The van der Waals surface area contributed by atoms with Crippen molar-refractivity contribution >= 4 is 0 Å². The first-order chi connectivity index (χ1) is 7.05. The van der Waals surface area contributed by atoms with Gasteiger partial charge in [0.15, 0.2) is 11.6 Å². The maximum Gasteiger partial charge on any atom is 0.165 e. The van der Waals surface area contributed by atoms with Gasteiger partial charge in [-0.2, -0.15) is 0 Å². The molecule has 0 saturated heterocycles. The highest BCUT2D eigenvalue weighted by molar-refractivity contribution is 5.33. The van der Waals surface area contributed by atoms with Gasteiger partial charge >= 0.3 is 0 Å². The number of hydrogen-bond donors (Lipinski definition) is 1. The molecule has 3 heteroatoms. The smallest absolute Gasteiger partial charge is 0.165 e. The van der Waals surface area contributed by atoms with Crippen molar-refractivity contribution in [2.75, 3.05) is 7.11 Å². The van der Waals surface area contributed by atoms with Crippen molar-refractivity contribution in [3.63, 3.8) is 0 Å². The van der Waals surface area contributed by atoms with Crippen LogP contribution in [0.2, 0.25) is 0 Å². The van der Waals surface area contributed by atoms with Gasteiger partial charge in [-0.15, -0.1) is 0 Å². The molecule has 0 radical (unpaired) electrons. The van der Waals surface area contributed by atoms with Crippen LogP contribution in [0.4, 0.5) is 4.39 Å². The second-order valence-corrected chi connectivity index (χ2v) is 4.27. The summed E-state index contributed by atoms with van der Waals surface area (Å²) < 4.78 is 18.3. The minimum absolute atomic E-state index is 0.213. The van der Waals surface area contributed by atoms with Crippen molar-refractivity contribution in [1.82, 2.24) is 0 Å². The maximum absolute atomic E-state index is 13.4. The third-order valence-corrected chi connectivity index (χ3v) is 3.11. The zero-order chi connectivity index (χ0) is 11.1. The molecule has 0 amide bonds. The predicted octanol–water partition coefficient (Wildman–Crippen LogP) is 2.45. The fourth-order valence-corrected chi connectivity index (χ4v) is 1.86. The Hall–Kier alpha value is -1.09. The molecule has 1 saturated carbocycles. The molecule has 1 aromatic rings. The van der Waals surface area contributed by atoms with E-state index in [1.807, 2.05) is 0 Å². The first-order valence-electron chi connectivity index (χ1n) is 5.12. The second-order valence-electron chi connectivity index (χ2n) is 4.27. The Kier molecular flexibility index (Phi) is 2.43. The van der Waals surface area contributed by atoms with Crippen LogP contribution in [0, 0.1) is 11.7 Å². The summed E-state index contributed by atoms with van der Waals surface area (Å²) in [5.74, 6) is 0.0616. The standard InChI is InChI=1S/C12H15FO2/c1-12(14,8-3-4-8)9-5-6-11(15-2)10(13)7-9/h5-8,14H,3-4H2,1-2H3/t12-/m0/s1. The van der Waals surface area contributed by atoms with Crippen molar-refractivity contribution in [2.45, 2.75) is 25.4 Å². The quantitative estimate of drug-likeness (QED) is 0.830. The molecule has 1 aliphatic rings. The highest BCUT2D eigenvalue weighted by Crippen LogP contribution is 2.45. The third-order valence-electron chi connectivity index (χ3n) is 3.11. The molecule has 1 atom stereocenters. The van der Waals surface area contributed by atoms with Gasteiger partial charge in [0.05, 0.1) is 12.7 Å². The summed E-state index contributed by atoms with van der Waals surface area (Å²) in [5.41, 5.74) is -0.282. The zero-order valence-corrected chi connectivity index (χ0v) is 8.96. The van der Waals surface area contributed by atoms with Gasteiger partial charge in [0.2, 0.25) is 0 Å². The van der Waals surface area contributed by atoms with E-state index in [1.165, 1.54) is 13.2 Å². The summed E-state index contributed by atoms with van der Waals surface area (Å²) >= 11 is 0. The maximum atomic E-state index is 13.4. The third kappa shape index (κ3) is 1.84. The van der Waals surface area contributed by atoms with Gasteiger partial charge in [-0.1, -0.05) is 6.07 Å². The van der Waals surface area contributed by atoms with Crippen LogP contribution in [-0.4, -0.2) is 12.2 Å². The SMILES string of the molecule is COc1ccc([C@@](C)(O)C2CC2)cc1F. The molecular weight excluding hydrogens is 195 g/mol. The van der Waals surface area contributed by atoms with E-state index in [4.69, 9.17) is 4.74 Å². The van der Waals surface area contributed by atoms with Gasteiger partial charge in [-0.05, 0) is 43.4 Å². The Bertz CT molecular complexity index is 370. The van der Waals surface area contributed by atoms with Gasteiger partial charge in [0.25, 0.3) is 0 Å². The van der Waals surface area contributed by atoms with E-state index in [1.54, 1.807) is 19.1 Å². The monoisotopic (exact) mass is 210 g/mol. The van der Waals surface area contributed by atoms with Gasteiger partial charge in [-0.3, -0.25) is 0 Å². The van der Waals surface area contributed by atoms with Crippen LogP contribution in [0.25, 0.3) is 0 Å². The van der Waals surface area contributed by atoms with Gasteiger partial charge in [0.1, 0.15) is 0 Å². The summed E-state index contributed by atoms with van der Waals surface area (Å²) in [4.78, 5) is 0. The van der Waals surface area contributed by atoms with E-state index < -0.39 is 11.4 Å². The molecule has 1 N–H and O–H groups in total. The van der Waals surface area contributed by atoms with E-state index in [2.05, 4.69) is 0 Å². The van der Waals surface area contributed by atoms with E-state index in [9.17, 15) is 9.50 Å². The molecule has 0 spiro atoms. The molecule has 1 fully saturated rings. The van der Waals surface area contributed by atoms with Crippen molar-refractivity contribution < 1.29 is 14.2 Å². The first kappa shape index (κ1) is 10.4. The number of rotatable bonds is 3. The lowest BCUT2D eigenvalue weighted by atomic mass is 9.91. The Morgan fingerprint density at radius 2 is 2.13 bits per heavy atom. The van der Waals surface area contributed by atoms with E-state index in [0.717, 1.165) is 12.8 Å². The van der Waals surface area contributed by atoms with Crippen LogP contribution in [0.15, 0.2) is 18.2 Å². The number of aliphatic hydroxyl groups is 1. The lowest BCUT2D eigenvalue weighted by Gasteiger charge is -2.23. The first-order valence-corrected chi connectivity index (χ1v) is 5.12. The molecule has 0 unspecified atom stereocenters. The summed E-state index contributed by atoms with van der Waals surface area (Å²) in [6.07, 6.45) is 2.03. The highest BCUT2D eigenvalue weighted by atomic mass is 19.1. The molecular formula is C12H15FO2. The molecule has 1 aliphatic carbocycles. The minimum atomic E-state index is -0.910. The zero-order valence-electron chi connectivity index (χ0n) is 8.96. The molecule has 0 aromatic heterocycles. The van der Waals surface area contributed by atoms with Crippen molar-refractivity contribution in [3.05, 3.63) is 29.6 Å². The number of methoxy groups -OCH3 is 1. The van der Waals surface area contributed by atoms with Crippen LogP contribution >= 0.6 is 0 Å². The largest absolute Gasteiger partial charge is 0.494 e. The lowest BCUT2D eigenvalue weighted by Crippen LogP contribution is -2.23. The number of hydrogen-bond acceptors (Lipinski definition) is 2. The van der Waals surface area contributed by atoms with E-state index in [-0.39, 0.29) is 11.7 Å². The molecule has 0 bridgehead atoms. The average Bonchev–Trinajstić information content (AvgIpc) is 3.00. The van der Waals surface area contributed by atoms with Gasteiger partial charge in [0, 0.05) is 0 Å². The lowest BCUT2D eigenvalue weighted by molar-refractivity contribution is 0.0327. The van der Waals surface area contributed by atoms with Crippen LogP contribution < -0.4 is 4.74 Å². The molecule has 0 heterocycles. The average molecular weight is 210 g/mol. The van der Waals surface area contributed by atoms with Crippen molar-refractivity contribution in [2.24, 2.45) is 5.92 Å². The van der Waals surface area contributed by atoms with Crippen LogP contribution in [0.3, 0.4) is 0 Å². The van der Waals surface area contributed by atoms with E-state index in [0.29, 0.717) is 5.56 Å². The van der Waals surface area contributed by atoms with Gasteiger partial charge in [-0.25, -0.2) is 4.39 Å². The predicted molar refractivity (Wildman–Crippen MR) is 55.2 cm³/mol. The molecule has 82 valence electrons. The Morgan fingerprint density at radius 3 is 2.60 bits per heavy atom. The van der Waals surface area contributed by atoms with E-state index >= 15 is 0 Å². The molecule has 15 heavy (non-hydrogen) atoms. The fraction of sp³-hybridized carbons (Fsp3) is 0.500. The highest BCUT2D eigenvalue weighted by Gasteiger charge is 2.41. The molecule has 0 aliphatic heterocycles. The summed E-state index contributed by atoms with van der Waals surface area (Å²) in [6.45, 7) is 1.74. The van der Waals surface area contributed by atoms with Gasteiger partial charge < -0.3 is 9.84 Å². The fourth-order valence-electron chi connectivity index (χ4n) is 1.86. The Balaban J connectivity index is 2.32. The minimum Gasteiger partial charge on any atom is -0.494 e. The topological polar surface area (TPSA) is 29.5 Å². The number of ether oxygens (including phenoxy) is 1. The van der Waals surface area contributed by atoms with Crippen molar-refractivity contribution in [1.29, 1.82) is 0 Å². The summed E-state index contributed by atoms with van der Waals surface area (Å²) in [5, 5.41) is 10.2. The summed E-state index contributed by atoms with van der Waals surface area (Å²) in [6, 6.07) is 4.64. The Labute approximate surface area is 88.7 Å². The number of benzene rings is 1. The molecule has 2 nitrogen and oxygen atoms in total. The van der Waals surface area contributed by atoms with Crippen LogP contribution in [-0.2, 0) is 5.60 Å². The molecule has 1 aromatic carbocycles.